The van der Waals surface area contributed by atoms with Crippen molar-refractivity contribution < 1.29 is 19.1 Å². The van der Waals surface area contributed by atoms with Gasteiger partial charge in [-0.15, -0.1) is 5.43 Å². The Bertz CT molecular complexity index is 1250. The largest absolute Gasteiger partial charge is 0.493 e. The first-order valence-electron chi connectivity index (χ1n) is 11.8. The van der Waals surface area contributed by atoms with Crippen molar-refractivity contribution in [3.8, 4) is 11.5 Å². The molecular weight excluding hydrogens is 444 g/mol. The highest BCUT2D eigenvalue weighted by Crippen LogP contribution is 2.38. The summed E-state index contributed by atoms with van der Waals surface area (Å²) in [5.74, 6) is 1.22. The number of nitroso groups, excluding NO2 is 1. The third kappa shape index (κ3) is 4.20. The van der Waals surface area contributed by atoms with Gasteiger partial charge in [0, 0.05) is 11.5 Å². The van der Waals surface area contributed by atoms with Gasteiger partial charge in [0.2, 0.25) is 6.54 Å². The number of carbonyl (C=O) groups is 1. The number of ether oxygens (including phenoxy) is 2. The number of hydrazine groups is 1. The van der Waals surface area contributed by atoms with Gasteiger partial charge in [0.05, 0.1) is 48.6 Å². The van der Waals surface area contributed by atoms with Crippen LogP contribution >= 0.6 is 0 Å². The second-order valence-corrected chi connectivity index (χ2v) is 9.10. The molecule has 2 aliphatic heterocycles. The van der Waals surface area contributed by atoms with Crippen LogP contribution in [0.4, 0.5) is 5.69 Å². The Kier molecular flexibility index (Phi) is 6.11. The zero-order valence-corrected chi connectivity index (χ0v) is 20.1. The molecular formula is C27H29N4O4+. The number of anilines is 1. The average Bonchev–Trinajstić information content (AvgIpc) is 2.89. The fourth-order valence-electron chi connectivity index (χ4n) is 5.08. The molecule has 0 saturated heterocycles. The van der Waals surface area contributed by atoms with E-state index in [-0.39, 0.29) is 23.7 Å². The maximum absolute atomic E-state index is 13.5. The fourth-order valence-corrected chi connectivity index (χ4v) is 5.08. The number of benzene rings is 2. The Hall–Kier alpha value is -3.94. The summed E-state index contributed by atoms with van der Waals surface area (Å²) in [7, 11) is 3.22. The molecule has 8 nitrogen and oxygen atoms in total. The van der Waals surface area contributed by atoms with E-state index in [0.717, 1.165) is 33.7 Å². The van der Waals surface area contributed by atoms with Crippen molar-refractivity contribution in [1.82, 2.24) is 5.43 Å². The number of hydrogen-bond donors (Lipinski definition) is 1. The molecule has 1 aliphatic carbocycles. The molecule has 2 aromatic carbocycles. The number of hydrogen-bond acceptors (Lipinski definition) is 5. The molecule has 2 heterocycles. The summed E-state index contributed by atoms with van der Waals surface area (Å²) >= 11 is 0. The molecule has 0 spiro atoms. The molecule has 0 aromatic heterocycles. The van der Waals surface area contributed by atoms with Gasteiger partial charge in [0.1, 0.15) is 4.87 Å². The van der Waals surface area contributed by atoms with E-state index in [1.807, 2.05) is 49.4 Å². The van der Waals surface area contributed by atoms with E-state index in [2.05, 4.69) is 17.6 Å². The van der Waals surface area contributed by atoms with Gasteiger partial charge in [0.25, 0.3) is 5.91 Å². The van der Waals surface area contributed by atoms with E-state index in [9.17, 15) is 9.70 Å². The van der Waals surface area contributed by atoms with Gasteiger partial charge < -0.3 is 9.47 Å². The van der Waals surface area contributed by atoms with Gasteiger partial charge in [-0.2, -0.15) is 5.10 Å². The zero-order valence-electron chi connectivity index (χ0n) is 20.1. The Balaban J connectivity index is 1.52. The highest BCUT2D eigenvalue weighted by molar-refractivity contribution is 6.11. The molecule has 0 radical (unpaired) electrons. The monoisotopic (exact) mass is 473 g/mol. The van der Waals surface area contributed by atoms with Crippen molar-refractivity contribution >= 4 is 22.9 Å². The molecule has 1 N–H and O–H groups in total. The van der Waals surface area contributed by atoms with Crippen molar-refractivity contribution in [3.63, 3.8) is 0 Å². The summed E-state index contributed by atoms with van der Waals surface area (Å²) in [6, 6.07) is 13.6. The summed E-state index contributed by atoms with van der Waals surface area (Å²) in [6.07, 6.45) is 7.42. The molecule has 0 saturated carbocycles. The van der Waals surface area contributed by atoms with Crippen LogP contribution in [0.2, 0.25) is 0 Å². The lowest BCUT2D eigenvalue weighted by atomic mass is 9.76. The lowest BCUT2D eigenvalue weighted by Gasteiger charge is -2.37. The molecule has 0 fully saturated rings. The maximum Gasteiger partial charge on any atom is 0.251 e. The third-order valence-corrected chi connectivity index (χ3v) is 6.98. The number of carbonyl (C=O) groups excluding carboxylic acids is 1. The van der Waals surface area contributed by atoms with Gasteiger partial charge in [-0.1, -0.05) is 31.2 Å². The average molecular weight is 474 g/mol. The molecule has 1 unspecified atom stereocenters. The van der Waals surface area contributed by atoms with E-state index >= 15 is 0 Å². The van der Waals surface area contributed by atoms with E-state index in [4.69, 9.17) is 14.6 Å². The number of amides is 1. The first kappa shape index (κ1) is 22.8. The summed E-state index contributed by atoms with van der Waals surface area (Å²) < 4.78 is 10.9. The standard InChI is InChI=1S/C27H29N4O4/c1-17-16-30(33)28-15-23(17)18-8-11-20(12-9-18)31-27(32)22-7-5-4-6-21(22)26(29-31)19-10-13-24(34-2)25(14-19)35-3/h4-5,8-15,17,21-22H,6-7,16H2,1-3H3,(H,28,33)/q+1/t17?,21-,22+/m0/s1. The Labute approximate surface area is 204 Å². The highest BCUT2D eigenvalue weighted by atomic mass is 16.5. The van der Waals surface area contributed by atoms with Crippen molar-refractivity contribution in [2.75, 3.05) is 25.8 Å². The van der Waals surface area contributed by atoms with Crippen LogP contribution in [0.5, 0.6) is 11.5 Å². The minimum atomic E-state index is -0.173. The van der Waals surface area contributed by atoms with Crippen molar-refractivity contribution in [2.24, 2.45) is 22.9 Å². The first-order chi connectivity index (χ1) is 17.0. The predicted molar refractivity (Wildman–Crippen MR) is 134 cm³/mol. The predicted octanol–water partition coefficient (Wildman–Crippen LogP) is 4.31. The van der Waals surface area contributed by atoms with Gasteiger partial charge in [0.15, 0.2) is 11.5 Å². The maximum atomic E-state index is 13.5. The van der Waals surface area contributed by atoms with Crippen LogP contribution in [0, 0.1) is 22.7 Å². The Morgan fingerprint density at radius 3 is 2.34 bits per heavy atom. The number of methoxy groups -OCH3 is 2. The van der Waals surface area contributed by atoms with Crippen LogP contribution in [0.15, 0.2) is 65.9 Å². The van der Waals surface area contributed by atoms with Gasteiger partial charge in [-0.25, -0.2) is 5.01 Å². The lowest BCUT2D eigenvalue weighted by molar-refractivity contribution is -0.603. The molecule has 3 aliphatic rings. The zero-order chi connectivity index (χ0) is 24.5. The van der Waals surface area contributed by atoms with Crippen molar-refractivity contribution in [2.45, 2.75) is 19.8 Å². The number of fused-ring (bicyclic) bond motifs is 1. The number of allylic oxidation sites excluding steroid dienone is 2. The van der Waals surface area contributed by atoms with Crippen LogP contribution in [0.1, 0.15) is 30.9 Å². The smallest absolute Gasteiger partial charge is 0.251 e. The number of rotatable bonds is 5. The molecule has 35 heavy (non-hydrogen) atoms. The lowest BCUT2D eigenvalue weighted by Crippen LogP contribution is -2.45. The van der Waals surface area contributed by atoms with Crippen LogP contribution in [0.3, 0.4) is 0 Å². The summed E-state index contributed by atoms with van der Waals surface area (Å²) in [5.41, 5.74) is 7.28. The topological polar surface area (TPSA) is 83.2 Å². The van der Waals surface area contributed by atoms with Gasteiger partial charge in [-0.3, -0.25) is 4.79 Å². The normalized spacial score (nSPS) is 23.7. The number of nitrogens with one attached hydrogen (secondary N) is 1. The van der Waals surface area contributed by atoms with E-state index in [0.29, 0.717) is 30.2 Å². The molecule has 2 aromatic rings. The highest BCUT2D eigenvalue weighted by Gasteiger charge is 2.40. The van der Waals surface area contributed by atoms with Gasteiger partial charge in [-0.05, 0) is 54.3 Å². The van der Waals surface area contributed by atoms with Crippen LogP contribution in [-0.4, -0.2) is 37.3 Å². The van der Waals surface area contributed by atoms with Crippen molar-refractivity contribution in [3.05, 3.63) is 76.9 Å². The first-order valence-corrected chi connectivity index (χ1v) is 11.8. The second-order valence-electron chi connectivity index (χ2n) is 9.10. The molecule has 8 heteroatoms. The second kappa shape index (κ2) is 9.37. The minimum absolute atomic E-state index is 0.00485. The molecule has 3 atom stereocenters. The van der Waals surface area contributed by atoms with E-state index < -0.39 is 0 Å². The van der Waals surface area contributed by atoms with E-state index in [1.165, 1.54) is 5.01 Å². The summed E-state index contributed by atoms with van der Waals surface area (Å²) in [5, 5.41) is 6.42. The van der Waals surface area contributed by atoms with Crippen LogP contribution < -0.4 is 19.9 Å². The quantitative estimate of drug-likeness (QED) is 0.517. The van der Waals surface area contributed by atoms with Crippen LogP contribution in [-0.2, 0) is 4.79 Å². The minimum Gasteiger partial charge on any atom is -0.493 e. The Morgan fingerprint density at radius 2 is 1.66 bits per heavy atom. The SMILES string of the molecule is COc1ccc(C2=NN(c3ccc(C4=CN[N+](=O)CC4C)cc3)C(=O)[C@@H]3CC=CC[C@H]23)cc1OC. The molecule has 5 rings (SSSR count). The fraction of sp³-hybridized carbons (Fsp3) is 0.333. The van der Waals surface area contributed by atoms with E-state index in [1.54, 1.807) is 20.4 Å². The van der Waals surface area contributed by atoms with Crippen molar-refractivity contribution in [1.29, 1.82) is 0 Å². The number of hydrazone groups is 1. The summed E-state index contributed by atoms with van der Waals surface area (Å²) in [4.78, 5) is 25.9. The molecule has 1 amide bonds. The molecule has 0 bridgehead atoms. The molecule has 180 valence electrons. The third-order valence-electron chi connectivity index (χ3n) is 6.98. The van der Waals surface area contributed by atoms with Crippen LogP contribution in [0.25, 0.3) is 5.57 Å². The number of nitrogens with zero attached hydrogens (tertiary/aromatic N) is 3. The van der Waals surface area contributed by atoms with Gasteiger partial charge >= 0.3 is 0 Å². The summed E-state index contributed by atoms with van der Waals surface area (Å²) in [6.45, 7) is 2.41. The Morgan fingerprint density at radius 1 is 0.971 bits per heavy atom.